The summed E-state index contributed by atoms with van der Waals surface area (Å²) in [5.74, 6) is -0.452. The molecule has 0 aliphatic rings. The predicted octanol–water partition coefficient (Wildman–Crippen LogP) is 5.43. The molecule has 1 amide bonds. The highest BCUT2D eigenvalue weighted by Gasteiger charge is 2.21. The van der Waals surface area contributed by atoms with Gasteiger partial charge in [-0.1, -0.05) is 40.9 Å². The molecule has 0 radical (unpaired) electrons. The van der Waals surface area contributed by atoms with Crippen LogP contribution in [0.2, 0.25) is 15.1 Å². The maximum atomic E-state index is 13.4. The normalized spacial score (nSPS) is 11.2. The van der Waals surface area contributed by atoms with Gasteiger partial charge in [0.2, 0.25) is 5.91 Å². The second kappa shape index (κ2) is 8.75. The lowest BCUT2D eigenvalue weighted by atomic mass is 10.2. The molecule has 2 aromatic carbocycles. The van der Waals surface area contributed by atoms with Crippen LogP contribution in [0.25, 0.3) is 15.9 Å². The van der Waals surface area contributed by atoms with Crippen molar-refractivity contribution in [2.75, 3.05) is 5.32 Å². The maximum Gasteiger partial charge on any atom is 0.337 e. The molecule has 0 saturated heterocycles. The zero-order valence-electron chi connectivity index (χ0n) is 16.9. The Labute approximate surface area is 201 Å². The Hall–Kier alpha value is -2.58. The van der Waals surface area contributed by atoms with Gasteiger partial charge in [-0.2, -0.15) is 0 Å². The summed E-state index contributed by atoms with van der Waals surface area (Å²) in [6.45, 7) is 3.39. The first kappa shape index (κ1) is 22.6. The van der Waals surface area contributed by atoms with E-state index >= 15 is 0 Å². The first-order valence-corrected chi connectivity index (χ1v) is 11.4. The number of carbonyl (C=O) groups excluding carboxylic acids is 1. The van der Waals surface area contributed by atoms with E-state index in [4.69, 9.17) is 34.8 Å². The Balaban J connectivity index is 1.86. The van der Waals surface area contributed by atoms with Gasteiger partial charge in [0.25, 0.3) is 5.56 Å². The minimum Gasteiger partial charge on any atom is -0.324 e. The van der Waals surface area contributed by atoms with E-state index in [1.165, 1.54) is 28.0 Å². The molecule has 0 aliphatic heterocycles. The third-order valence-corrected chi connectivity index (χ3v) is 7.23. The van der Waals surface area contributed by atoms with Gasteiger partial charge in [0.15, 0.2) is 0 Å². The summed E-state index contributed by atoms with van der Waals surface area (Å²) in [5, 5.41) is 4.15. The predicted molar refractivity (Wildman–Crippen MR) is 131 cm³/mol. The van der Waals surface area contributed by atoms with Gasteiger partial charge in [-0.25, -0.2) is 9.36 Å². The second-order valence-electron chi connectivity index (χ2n) is 7.13. The van der Waals surface area contributed by atoms with Gasteiger partial charge in [-0.05, 0) is 55.8 Å². The number of nitrogens with one attached hydrogen (secondary N) is 1. The van der Waals surface area contributed by atoms with Gasteiger partial charge in [0, 0.05) is 15.6 Å². The molecule has 6 nitrogen and oxygen atoms in total. The molecule has 0 atom stereocenters. The fourth-order valence-electron chi connectivity index (χ4n) is 3.36. The van der Waals surface area contributed by atoms with Gasteiger partial charge in [-0.15, -0.1) is 11.3 Å². The topological polar surface area (TPSA) is 73.1 Å². The number of amides is 1. The first-order valence-electron chi connectivity index (χ1n) is 9.43. The highest BCUT2D eigenvalue weighted by atomic mass is 35.5. The zero-order chi connectivity index (χ0) is 23.2. The van der Waals surface area contributed by atoms with Crippen molar-refractivity contribution in [1.29, 1.82) is 0 Å². The number of fused-ring (bicyclic) bond motifs is 1. The maximum absolute atomic E-state index is 13.4. The number of carbonyl (C=O) groups is 1. The molecule has 0 aliphatic carbocycles. The van der Waals surface area contributed by atoms with E-state index in [0.717, 1.165) is 15.0 Å². The molecule has 2 aromatic heterocycles. The zero-order valence-corrected chi connectivity index (χ0v) is 20.0. The van der Waals surface area contributed by atoms with Crippen LogP contribution in [0, 0.1) is 13.8 Å². The minimum absolute atomic E-state index is 0.294. The average Bonchev–Trinajstić information content (AvgIpc) is 3.03. The van der Waals surface area contributed by atoms with Crippen LogP contribution in [-0.2, 0) is 11.3 Å². The fraction of sp³-hybridized carbons (Fsp3) is 0.136. The highest BCUT2D eigenvalue weighted by molar-refractivity contribution is 7.18. The lowest BCUT2D eigenvalue weighted by Gasteiger charge is -2.13. The molecule has 164 valence electrons. The molecule has 0 spiro atoms. The Kier molecular flexibility index (Phi) is 6.18. The summed E-state index contributed by atoms with van der Waals surface area (Å²) in [5.41, 5.74) is 0.460. The number of aromatic nitrogens is 2. The van der Waals surface area contributed by atoms with Crippen LogP contribution in [0.1, 0.15) is 10.4 Å². The van der Waals surface area contributed by atoms with Crippen LogP contribution in [-0.4, -0.2) is 15.0 Å². The molecule has 4 aromatic rings. The summed E-state index contributed by atoms with van der Waals surface area (Å²) >= 11 is 19.3. The van der Waals surface area contributed by atoms with Gasteiger partial charge >= 0.3 is 5.69 Å². The lowest BCUT2D eigenvalue weighted by molar-refractivity contribution is -0.116. The molecule has 0 fully saturated rings. The average molecular weight is 509 g/mol. The monoisotopic (exact) mass is 507 g/mol. The van der Waals surface area contributed by atoms with Crippen LogP contribution in [0.5, 0.6) is 0 Å². The van der Waals surface area contributed by atoms with Gasteiger partial charge < -0.3 is 5.32 Å². The van der Waals surface area contributed by atoms with Crippen molar-refractivity contribution in [1.82, 2.24) is 9.13 Å². The number of rotatable bonds is 4. The van der Waals surface area contributed by atoms with Crippen molar-refractivity contribution >= 4 is 68.0 Å². The van der Waals surface area contributed by atoms with Gasteiger partial charge in [0.1, 0.15) is 11.4 Å². The molecule has 0 saturated carbocycles. The first-order chi connectivity index (χ1) is 15.2. The summed E-state index contributed by atoms with van der Waals surface area (Å²) in [6.07, 6.45) is 0. The van der Waals surface area contributed by atoms with Crippen molar-refractivity contribution in [3.63, 3.8) is 0 Å². The summed E-state index contributed by atoms with van der Waals surface area (Å²) in [7, 11) is 0. The molecule has 10 heteroatoms. The van der Waals surface area contributed by atoms with Gasteiger partial charge in [0.05, 0.1) is 21.1 Å². The third kappa shape index (κ3) is 4.09. The van der Waals surface area contributed by atoms with Crippen LogP contribution in [0.15, 0.2) is 52.1 Å². The highest BCUT2D eigenvalue weighted by Crippen LogP contribution is 2.28. The second-order valence-corrected chi connectivity index (χ2v) is 9.58. The van der Waals surface area contributed by atoms with Crippen LogP contribution < -0.4 is 16.6 Å². The van der Waals surface area contributed by atoms with Crippen molar-refractivity contribution < 1.29 is 4.79 Å². The molecule has 1 N–H and O–H groups in total. The molecular formula is C22H16Cl3N3O3S. The van der Waals surface area contributed by atoms with Crippen LogP contribution in [0.4, 0.5) is 5.69 Å². The molecule has 0 bridgehead atoms. The number of anilines is 1. The Bertz CT molecular complexity index is 1500. The summed E-state index contributed by atoms with van der Waals surface area (Å²) in [6, 6.07) is 11.1. The molecule has 2 heterocycles. The van der Waals surface area contributed by atoms with E-state index in [1.54, 1.807) is 30.3 Å². The number of thiophene rings is 1. The quantitative estimate of drug-likeness (QED) is 0.399. The number of hydrogen-bond donors (Lipinski definition) is 1. The van der Waals surface area contributed by atoms with Crippen LogP contribution >= 0.6 is 46.1 Å². The van der Waals surface area contributed by atoms with Crippen molar-refractivity contribution in [3.8, 4) is 5.69 Å². The number of hydrogen-bond acceptors (Lipinski definition) is 4. The Morgan fingerprint density at radius 2 is 1.78 bits per heavy atom. The van der Waals surface area contributed by atoms with E-state index in [9.17, 15) is 14.4 Å². The van der Waals surface area contributed by atoms with E-state index in [1.807, 2.05) is 13.8 Å². The minimum atomic E-state index is -0.629. The smallest absolute Gasteiger partial charge is 0.324 e. The Morgan fingerprint density at radius 3 is 2.47 bits per heavy atom. The molecular weight excluding hydrogens is 493 g/mol. The summed E-state index contributed by atoms with van der Waals surface area (Å²) in [4.78, 5) is 40.8. The van der Waals surface area contributed by atoms with Crippen molar-refractivity contribution in [2.45, 2.75) is 20.4 Å². The number of benzene rings is 2. The third-order valence-electron chi connectivity index (χ3n) is 5.02. The molecule has 0 unspecified atom stereocenters. The fourth-order valence-corrected chi connectivity index (χ4v) is 4.98. The van der Waals surface area contributed by atoms with E-state index in [-0.39, 0.29) is 6.54 Å². The van der Waals surface area contributed by atoms with E-state index in [2.05, 4.69) is 5.32 Å². The van der Waals surface area contributed by atoms with Gasteiger partial charge in [-0.3, -0.25) is 14.2 Å². The molecule has 32 heavy (non-hydrogen) atoms. The number of nitrogens with zero attached hydrogens (tertiary/aromatic N) is 2. The number of aryl methyl sites for hydroxylation is 2. The number of halogens is 3. The van der Waals surface area contributed by atoms with Crippen molar-refractivity contribution in [3.05, 3.63) is 88.8 Å². The van der Waals surface area contributed by atoms with E-state index < -0.39 is 17.2 Å². The van der Waals surface area contributed by atoms with E-state index in [0.29, 0.717) is 36.7 Å². The standard InChI is InChI=1S/C22H16Cl3N3O3S/c1-11-12(2)32-21-19(11)20(30)28(15-5-3-4-13(23)8-15)22(31)27(21)10-18(29)26-14-6-7-16(24)17(25)9-14/h3-9H,10H2,1-2H3,(H,26,29). The van der Waals surface area contributed by atoms with Crippen LogP contribution in [0.3, 0.4) is 0 Å². The lowest BCUT2D eigenvalue weighted by Crippen LogP contribution is -2.40. The molecule has 4 rings (SSSR count). The summed E-state index contributed by atoms with van der Waals surface area (Å²) < 4.78 is 2.34. The van der Waals surface area contributed by atoms with Crippen molar-refractivity contribution in [2.24, 2.45) is 0 Å². The largest absolute Gasteiger partial charge is 0.337 e. The SMILES string of the molecule is Cc1sc2c(c1C)c(=O)n(-c1cccc(Cl)c1)c(=O)n2CC(=O)Nc1ccc(Cl)c(Cl)c1. The Morgan fingerprint density at radius 1 is 1.03 bits per heavy atom.